The maximum absolute atomic E-state index is 4.78. The van der Waals surface area contributed by atoms with Crippen molar-refractivity contribution >= 4 is 43.1 Å². The van der Waals surface area contributed by atoms with Crippen LogP contribution in [0.2, 0.25) is 0 Å². The Hall–Kier alpha value is -1.65. The van der Waals surface area contributed by atoms with E-state index in [-0.39, 0.29) is 12.4 Å². The number of aromatic nitrogens is 1. The SMILES string of the molecule is CNc1cc2[s+]c3cc(N(C)C)ccc3nc2cc1C.[Cl-]. The molecule has 1 heterocycles. The van der Waals surface area contributed by atoms with Crippen LogP contribution in [-0.4, -0.2) is 26.1 Å². The molecule has 0 aliphatic rings. The lowest BCUT2D eigenvalue weighted by molar-refractivity contribution is -0.00000407. The average Bonchev–Trinajstić information content (AvgIpc) is 2.43. The van der Waals surface area contributed by atoms with Gasteiger partial charge in [-0.05, 0) is 30.7 Å². The summed E-state index contributed by atoms with van der Waals surface area (Å²) in [5.74, 6) is 0. The number of rotatable bonds is 2. The number of hydrogen-bond acceptors (Lipinski definition) is 3. The number of nitrogens with zero attached hydrogens (tertiary/aromatic N) is 2. The summed E-state index contributed by atoms with van der Waals surface area (Å²) in [4.78, 5) is 6.89. The Morgan fingerprint density at radius 1 is 1.05 bits per heavy atom. The van der Waals surface area contributed by atoms with Gasteiger partial charge in [0.2, 0.25) is 11.3 Å². The second-order valence-corrected chi connectivity index (χ2v) is 6.23. The highest BCUT2D eigenvalue weighted by Gasteiger charge is 2.15. The van der Waals surface area contributed by atoms with Gasteiger partial charge in [-0.25, -0.2) is 4.98 Å². The molecule has 21 heavy (non-hydrogen) atoms. The van der Waals surface area contributed by atoms with Gasteiger partial charge in [0, 0.05) is 44.7 Å². The van der Waals surface area contributed by atoms with Gasteiger partial charge in [0.05, 0.1) is 0 Å². The molecule has 0 saturated heterocycles. The monoisotopic (exact) mass is 319 g/mol. The molecule has 0 atom stereocenters. The van der Waals surface area contributed by atoms with Crippen molar-refractivity contribution in [3.05, 3.63) is 35.9 Å². The van der Waals surface area contributed by atoms with Gasteiger partial charge in [0.15, 0.2) is 0 Å². The maximum atomic E-state index is 4.78. The molecule has 1 N–H and O–H groups in total. The van der Waals surface area contributed by atoms with E-state index in [1.807, 2.05) is 7.05 Å². The van der Waals surface area contributed by atoms with Crippen molar-refractivity contribution < 1.29 is 12.4 Å². The Labute approximate surface area is 135 Å². The summed E-state index contributed by atoms with van der Waals surface area (Å²) in [7, 11) is 6.07. The van der Waals surface area contributed by atoms with E-state index in [4.69, 9.17) is 4.98 Å². The summed E-state index contributed by atoms with van der Waals surface area (Å²) in [6.07, 6.45) is 0. The molecule has 110 valence electrons. The third kappa shape index (κ3) is 2.87. The average molecular weight is 320 g/mol. The lowest BCUT2D eigenvalue weighted by Gasteiger charge is -2.10. The van der Waals surface area contributed by atoms with Crippen molar-refractivity contribution in [2.24, 2.45) is 0 Å². The normalized spacial score (nSPS) is 10.5. The molecule has 0 unspecified atom stereocenters. The van der Waals surface area contributed by atoms with E-state index in [9.17, 15) is 0 Å². The van der Waals surface area contributed by atoms with Gasteiger partial charge in [-0.2, -0.15) is 0 Å². The number of benzene rings is 2. The third-order valence-corrected chi connectivity index (χ3v) is 4.59. The van der Waals surface area contributed by atoms with Crippen LogP contribution < -0.4 is 22.6 Å². The molecular formula is C16H18ClN3S. The highest BCUT2D eigenvalue weighted by atomic mass is 35.5. The van der Waals surface area contributed by atoms with Crippen LogP contribution in [0.15, 0.2) is 30.3 Å². The predicted octanol–water partition coefficient (Wildman–Crippen LogP) is 1.15. The van der Waals surface area contributed by atoms with Crippen molar-refractivity contribution in [1.29, 1.82) is 0 Å². The van der Waals surface area contributed by atoms with Crippen LogP contribution in [0.4, 0.5) is 11.4 Å². The van der Waals surface area contributed by atoms with Crippen LogP contribution >= 0.6 is 11.3 Å². The maximum Gasteiger partial charge on any atom is 0.259 e. The van der Waals surface area contributed by atoms with Gasteiger partial charge in [0.1, 0.15) is 11.0 Å². The van der Waals surface area contributed by atoms with Crippen molar-refractivity contribution in [1.82, 2.24) is 4.98 Å². The fourth-order valence-electron chi connectivity index (χ4n) is 2.31. The molecule has 0 saturated carbocycles. The van der Waals surface area contributed by atoms with Gasteiger partial charge in [-0.3, -0.25) is 0 Å². The minimum atomic E-state index is 0. The topological polar surface area (TPSA) is 28.2 Å². The van der Waals surface area contributed by atoms with E-state index < -0.39 is 0 Å². The Bertz CT molecular complexity index is 802. The molecule has 0 fully saturated rings. The van der Waals surface area contributed by atoms with Crippen LogP contribution in [0.3, 0.4) is 0 Å². The molecule has 0 radical (unpaired) electrons. The Balaban J connectivity index is 0.00000161. The number of fused-ring (bicyclic) bond motifs is 2. The van der Waals surface area contributed by atoms with Crippen LogP contribution in [0.25, 0.3) is 20.4 Å². The largest absolute Gasteiger partial charge is 1.00 e. The molecule has 0 bridgehead atoms. The first-order chi connectivity index (χ1) is 9.58. The van der Waals surface area contributed by atoms with Crippen molar-refractivity contribution in [2.75, 3.05) is 31.4 Å². The first kappa shape index (κ1) is 15.7. The zero-order chi connectivity index (χ0) is 14.3. The van der Waals surface area contributed by atoms with Gasteiger partial charge in [0.25, 0.3) is 9.40 Å². The van der Waals surface area contributed by atoms with E-state index in [2.05, 4.69) is 61.6 Å². The molecular weight excluding hydrogens is 302 g/mol. The number of aryl methyl sites for hydroxylation is 1. The molecule has 0 aliphatic carbocycles. The van der Waals surface area contributed by atoms with Gasteiger partial charge in [-0.1, -0.05) is 0 Å². The summed E-state index contributed by atoms with van der Waals surface area (Å²) in [5, 5.41) is 3.24. The van der Waals surface area contributed by atoms with E-state index in [0.29, 0.717) is 0 Å². The second-order valence-electron chi connectivity index (χ2n) is 5.15. The number of halogens is 1. The number of hydrogen-bond donors (Lipinski definition) is 1. The van der Waals surface area contributed by atoms with Crippen LogP contribution in [0.5, 0.6) is 0 Å². The first-order valence-corrected chi connectivity index (χ1v) is 7.43. The number of anilines is 2. The smallest absolute Gasteiger partial charge is 0.259 e. The fraction of sp³-hybridized carbons (Fsp3) is 0.250. The van der Waals surface area contributed by atoms with Gasteiger partial charge >= 0.3 is 0 Å². The highest BCUT2D eigenvalue weighted by molar-refractivity contribution is 7.24. The minimum absolute atomic E-state index is 0. The van der Waals surface area contributed by atoms with E-state index in [0.717, 1.165) is 11.0 Å². The molecule has 3 nitrogen and oxygen atoms in total. The highest BCUT2D eigenvalue weighted by Crippen LogP contribution is 2.31. The quantitative estimate of drug-likeness (QED) is 0.567. The molecule has 1 aromatic heterocycles. The summed E-state index contributed by atoms with van der Waals surface area (Å²) in [6.45, 7) is 2.11. The Morgan fingerprint density at radius 2 is 1.76 bits per heavy atom. The van der Waals surface area contributed by atoms with E-state index in [1.54, 1.807) is 11.3 Å². The fourth-order valence-corrected chi connectivity index (χ4v) is 3.34. The number of nitrogens with one attached hydrogen (secondary N) is 1. The third-order valence-electron chi connectivity index (χ3n) is 3.50. The summed E-state index contributed by atoms with van der Waals surface area (Å²) >= 11 is 1.79. The Kier molecular flexibility index (Phi) is 4.49. The molecule has 3 rings (SSSR count). The molecule has 3 aromatic rings. The van der Waals surface area contributed by atoms with E-state index in [1.165, 1.54) is 26.3 Å². The zero-order valence-corrected chi connectivity index (χ0v) is 14.1. The first-order valence-electron chi connectivity index (χ1n) is 6.62. The molecule has 2 aromatic carbocycles. The standard InChI is InChI=1S/C16H18N3S.ClH/c1-10-7-14-16(9-13(10)17-2)20-15-8-11(19(3)4)5-6-12(15)18-14;/h5-9,17H,1-4H3;1H/q+1;/p-1. The molecule has 0 amide bonds. The van der Waals surface area contributed by atoms with Gasteiger partial charge < -0.3 is 22.6 Å². The second kappa shape index (κ2) is 6.00. The summed E-state index contributed by atoms with van der Waals surface area (Å²) in [5.41, 5.74) is 5.72. The summed E-state index contributed by atoms with van der Waals surface area (Å²) in [6, 6.07) is 10.7. The van der Waals surface area contributed by atoms with Crippen molar-refractivity contribution in [3.63, 3.8) is 0 Å². The van der Waals surface area contributed by atoms with Crippen LogP contribution in [0.1, 0.15) is 5.56 Å². The summed E-state index contributed by atoms with van der Waals surface area (Å²) < 4.78 is 2.43. The minimum Gasteiger partial charge on any atom is -1.00 e. The van der Waals surface area contributed by atoms with Crippen molar-refractivity contribution in [3.8, 4) is 0 Å². The van der Waals surface area contributed by atoms with E-state index >= 15 is 0 Å². The van der Waals surface area contributed by atoms with Crippen LogP contribution in [0, 0.1) is 6.92 Å². The lowest BCUT2D eigenvalue weighted by atomic mass is 10.2. The van der Waals surface area contributed by atoms with Gasteiger partial charge in [-0.15, -0.1) is 0 Å². The molecule has 0 spiro atoms. The lowest BCUT2D eigenvalue weighted by Crippen LogP contribution is -3.00. The molecule has 5 heteroatoms. The zero-order valence-electron chi connectivity index (χ0n) is 12.6. The molecule has 0 aliphatic heterocycles. The van der Waals surface area contributed by atoms with Crippen LogP contribution in [-0.2, 0) is 0 Å². The Morgan fingerprint density at radius 3 is 2.43 bits per heavy atom. The predicted molar refractivity (Wildman–Crippen MR) is 90.1 cm³/mol. The van der Waals surface area contributed by atoms with Crippen molar-refractivity contribution in [2.45, 2.75) is 6.92 Å².